The van der Waals surface area contributed by atoms with Gasteiger partial charge in [-0.1, -0.05) is 0 Å². The Morgan fingerprint density at radius 1 is 1.77 bits per heavy atom. The van der Waals surface area contributed by atoms with Crippen molar-refractivity contribution in [3.05, 3.63) is 0 Å². The van der Waals surface area contributed by atoms with E-state index < -0.39 is 6.10 Å². The minimum Gasteiger partial charge on any atom is -0.391 e. The van der Waals surface area contributed by atoms with E-state index in [1.165, 1.54) is 0 Å². The number of rotatable bonds is 2. The number of amides is 2. The number of aliphatic hydroxyl groups is 1. The van der Waals surface area contributed by atoms with E-state index in [9.17, 15) is 9.90 Å². The van der Waals surface area contributed by atoms with Gasteiger partial charge in [-0.3, -0.25) is 4.84 Å². The topological polar surface area (TPSA) is 61.8 Å². The molecule has 0 bridgehead atoms. The number of nitrogens with one attached hydrogen (secondary N) is 1. The van der Waals surface area contributed by atoms with E-state index in [2.05, 4.69) is 5.48 Å². The number of urea groups is 1. The molecule has 2 N–H and O–H groups in total. The molecule has 0 aromatic rings. The number of likely N-dealkylation sites (tertiary alicyclic amines) is 1. The van der Waals surface area contributed by atoms with Gasteiger partial charge in [0.25, 0.3) is 0 Å². The summed E-state index contributed by atoms with van der Waals surface area (Å²) in [5, 5.41) is 9.28. The summed E-state index contributed by atoms with van der Waals surface area (Å²) in [4.78, 5) is 17.7. The van der Waals surface area contributed by atoms with Gasteiger partial charge in [-0.25, -0.2) is 10.3 Å². The summed E-state index contributed by atoms with van der Waals surface area (Å²) in [6, 6.07) is -0.193. The normalized spacial score (nSPS) is 27.8. The molecule has 2 unspecified atom stereocenters. The summed E-state index contributed by atoms with van der Waals surface area (Å²) >= 11 is 0. The zero-order valence-corrected chi connectivity index (χ0v) is 7.99. The largest absolute Gasteiger partial charge is 0.391 e. The van der Waals surface area contributed by atoms with Crippen LogP contribution in [-0.2, 0) is 4.84 Å². The van der Waals surface area contributed by atoms with Crippen molar-refractivity contribution in [2.24, 2.45) is 0 Å². The number of carbonyl (C=O) groups excluding carboxylic acids is 1. The summed E-state index contributed by atoms with van der Waals surface area (Å²) in [7, 11) is 0. The molecule has 5 nitrogen and oxygen atoms in total. The van der Waals surface area contributed by atoms with Crippen LogP contribution in [0.5, 0.6) is 0 Å². The molecular weight excluding hydrogens is 172 g/mol. The van der Waals surface area contributed by atoms with Gasteiger partial charge in [0.2, 0.25) is 0 Å². The van der Waals surface area contributed by atoms with Crippen molar-refractivity contribution in [3.63, 3.8) is 0 Å². The second-order valence-electron chi connectivity index (χ2n) is 3.23. The van der Waals surface area contributed by atoms with E-state index in [0.29, 0.717) is 19.6 Å². The summed E-state index contributed by atoms with van der Waals surface area (Å²) in [5.74, 6) is 0. The molecule has 5 heteroatoms. The highest BCUT2D eigenvalue weighted by Crippen LogP contribution is 2.16. The Kier molecular flexibility index (Phi) is 3.50. The number of hydroxylamine groups is 1. The zero-order valence-electron chi connectivity index (χ0n) is 7.99. The average Bonchev–Trinajstić information content (AvgIpc) is 2.41. The lowest BCUT2D eigenvalue weighted by molar-refractivity contribution is 0.0536. The first-order valence-electron chi connectivity index (χ1n) is 4.51. The summed E-state index contributed by atoms with van der Waals surface area (Å²) in [6.07, 6.45) is 0.238. The molecule has 1 fully saturated rings. The highest BCUT2D eigenvalue weighted by molar-refractivity contribution is 5.73. The number of β-amino-alcohol motifs (C(OH)–C–C–N with tert-alkyl or cyclic N) is 1. The van der Waals surface area contributed by atoms with E-state index in [-0.39, 0.29) is 12.1 Å². The predicted molar refractivity (Wildman–Crippen MR) is 46.9 cm³/mol. The fourth-order valence-electron chi connectivity index (χ4n) is 1.48. The first-order valence-corrected chi connectivity index (χ1v) is 4.51. The molecule has 0 radical (unpaired) electrons. The maximum absolute atomic E-state index is 11.3. The average molecular weight is 188 g/mol. The van der Waals surface area contributed by atoms with Crippen LogP contribution in [0.4, 0.5) is 4.79 Å². The van der Waals surface area contributed by atoms with Crippen molar-refractivity contribution in [3.8, 4) is 0 Å². The van der Waals surface area contributed by atoms with Gasteiger partial charge in [-0.2, -0.15) is 0 Å². The van der Waals surface area contributed by atoms with Gasteiger partial charge < -0.3 is 10.0 Å². The second-order valence-corrected chi connectivity index (χ2v) is 3.23. The van der Waals surface area contributed by atoms with Gasteiger partial charge in [0.15, 0.2) is 0 Å². The van der Waals surface area contributed by atoms with Crippen molar-refractivity contribution in [1.29, 1.82) is 0 Å². The van der Waals surface area contributed by atoms with Gasteiger partial charge >= 0.3 is 6.03 Å². The van der Waals surface area contributed by atoms with E-state index in [4.69, 9.17) is 4.84 Å². The molecule has 0 saturated carbocycles. The van der Waals surface area contributed by atoms with Crippen molar-refractivity contribution < 1.29 is 14.7 Å². The molecule has 1 saturated heterocycles. The smallest absolute Gasteiger partial charge is 0.341 e. The summed E-state index contributed by atoms with van der Waals surface area (Å²) < 4.78 is 0. The number of hydrogen-bond acceptors (Lipinski definition) is 3. The molecule has 2 amide bonds. The fourth-order valence-corrected chi connectivity index (χ4v) is 1.48. The van der Waals surface area contributed by atoms with Crippen molar-refractivity contribution in [2.75, 3.05) is 13.2 Å². The second kappa shape index (κ2) is 4.43. The third-order valence-electron chi connectivity index (χ3n) is 2.12. The van der Waals surface area contributed by atoms with E-state index in [0.717, 1.165) is 0 Å². The Morgan fingerprint density at radius 2 is 2.46 bits per heavy atom. The van der Waals surface area contributed by atoms with Crippen LogP contribution in [-0.4, -0.2) is 41.3 Å². The Hall–Kier alpha value is -0.810. The van der Waals surface area contributed by atoms with Gasteiger partial charge in [-0.15, -0.1) is 0 Å². The number of carbonyl (C=O) groups is 1. The quantitative estimate of drug-likeness (QED) is 0.604. The third kappa shape index (κ3) is 2.57. The zero-order chi connectivity index (χ0) is 9.84. The molecule has 1 aliphatic heterocycles. The van der Waals surface area contributed by atoms with Gasteiger partial charge in [-0.05, 0) is 20.3 Å². The molecular formula is C8H16N2O3. The standard InChI is InChI=1S/C8H16N2O3/c1-3-13-9-8(12)10-5-7(11)4-6(10)2/h6-7,11H,3-5H2,1-2H3,(H,9,12). The first-order chi connectivity index (χ1) is 6.15. The molecule has 13 heavy (non-hydrogen) atoms. The Bertz CT molecular complexity index is 186. The maximum atomic E-state index is 11.3. The molecule has 0 aromatic heterocycles. The SMILES string of the molecule is CCONC(=O)N1CC(O)CC1C. The van der Waals surface area contributed by atoms with Crippen LogP contribution in [0.25, 0.3) is 0 Å². The highest BCUT2D eigenvalue weighted by atomic mass is 16.7. The van der Waals surface area contributed by atoms with Crippen LogP contribution >= 0.6 is 0 Å². The van der Waals surface area contributed by atoms with Gasteiger partial charge in [0.1, 0.15) is 0 Å². The highest BCUT2D eigenvalue weighted by Gasteiger charge is 2.31. The van der Waals surface area contributed by atoms with E-state index in [1.807, 2.05) is 6.92 Å². The molecule has 1 rings (SSSR count). The molecule has 1 heterocycles. The van der Waals surface area contributed by atoms with Crippen LogP contribution < -0.4 is 5.48 Å². The fraction of sp³-hybridized carbons (Fsp3) is 0.875. The van der Waals surface area contributed by atoms with Crippen LogP contribution in [0, 0.1) is 0 Å². The first kappa shape index (κ1) is 10.3. The summed E-state index contributed by atoms with van der Waals surface area (Å²) in [6.45, 7) is 4.53. The number of hydrogen-bond donors (Lipinski definition) is 2. The Morgan fingerprint density at radius 3 is 2.92 bits per heavy atom. The van der Waals surface area contributed by atoms with Gasteiger partial charge in [0, 0.05) is 12.6 Å². The van der Waals surface area contributed by atoms with Crippen LogP contribution in [0.2, 0.25) is 0 Å². The number of nitrogens with zero attached hydrogens (tertiary/aromatic N) is 1. The van der Waals surface area contributed by atoms with E-state index in [1.54, 1.807) is 11.8 Å². The number of aliphatic hydroxyl groups excluding tert-OH is 1. The minimum atomic E-state index is -0.401. The predicted octanol–water partition coefficient (Wildman–Crippen LogP) is 0.103. The maximum Gasteiger partial charge on any atom is 0.341 e. The molecule has 76 valence electrons. The Labute approximate surface area is 77.6 Å². The van der Waals surface area contributed by atoms with Crippen LogP contribution in [0.3, 0.4) is 0 Å². The van der Waals surface area contributed by atoms with Crippen molar-refractivity contribution >= 4 is 6.03 Å². The molecule has 0 spiro atoms. The van der Waals surface area contributed by atoms with Crippen LogP contribution in [0.1, 0.15) is 20.3 Å². The monoisotopic (exact) mass is 188 g/mol. The lowest BCUT2D eigenvalue weighted by Crippen LogP contribution is -2.42. The Balaban J connectivity index is 2.38. The lowest BCUT2D eigenvalue weighted by atomic mass is 10.2. The van der Waals surface area contributed by atoms with E-state index >= 15 is 0 Å². The minimum absolute atomic E-state index is 0.0791. The van der Waals surface area contributed by atoms with Crippen molar-refractivity contribution in [1.82, 2.24) is 10.4 Å². The van der Waals surface area contributed by atoms with Gasteiger partial charge in [0.05, 0.1) is 12.7 Å². The lowest BCUT2D eigenvalue weighted by Gasteiger charge is -2.20. The molecule has 0 aromatic carbocycles. The summed E-state index contributed by atoms with van der Waals surface area (Å²) in [5.41, 5.74) is 2.30. The van der Waals surface area contributed by atoms with Crippen molar-refractivity contribution in [2.45, 2.75) is 32.4 Å². The molecule has 1 aliphatic rings. The third-order valence-corrected chi connectivity index (χ3v) is 2.12. The van der Waals surface area contributed by atoms with Crippen LogP contribution in [0.15, 0.2) is 0 Å². The molecule has 0 aliphatic carbocycles. The molecule has 2 atom stereocenters.